The van der Waals surface area contributed by atoms with Gasteiger partial charge in [-0.25, -0.2) is 4.79 Å². The number of hydrogen-bond acceptors (Lipinski definition) is 8. The van der Waals surface area contributed by atoms with E-state index in [2.05, 4.69) is 0 Å². The maximum absolute atomic E-state index is 12.1. The van der Waals surface area contributed by atoms with E-state index in [0.717, 1.165) is 11.8 Å². The first kappa shape index (κ1) is 18.9. The first-order valence-electron chi connectivity index (χ1n) is 7.52. The summed E-state index contributed by atoms with van der Waals surface area (Å²) in [6.07, 6.45) is 1.48. The second-order valence-corrected chi connectivity index (χ2v) is 6.24. The maximum atomic E-state index is 12.1. The molecule has 0 fully saturated rings. The third-order valence-corrected chi connectivity index (χ3v) is 4.11. The molecule has 1 aliphatic heterocycles. The molecule has 7 nitrogen and oxygen atoms in total. The molecule has 3 atom stereocenters. The number of ether oxygens (including phenoxy) is 4. The minimum atomic E-state index is -0.796. The molecule has 134 valence electrons. The zero-order chi connectivity index (χ0) is 18.2. The van der Waals surface area contributed by atoms with Gasteiger partial charge in [-0.1, -0.05) is 18.2 Å². The van der Waals surface area contributed by atoms with Crippen LogP contribution in [-0.2, 0) is 23.8 Å². The van der Waals surface area contributed by atoms with E-state index in [1.54, 1.807) is 30.3 Å². The monoisotopic (exact) mass is 366 g/mol. The van der Waals surface area contributed by atoms with E-state index in [9.17, 15) is 14.4 Å². The summed E-state index contributed by atoms with van der Waals surface area (Å²) in [4.78, 5) is 34.5. The Labute approximate surface area is 149 Å². The SMILES string of the molecule is CC(=O)OCC1OC=C[C@@H](SC(=O)Oc2ccccc2)[C@@H]1OC(C)=O. The Morgan fingerprint density at radius 2 is 1.84 bits per heavy atom. The number of benzene rings is 1. The predicted molar refractivity (Wildman–Crippen MR) is 90.0 cm³/mol. The van der Waals surface area contributed by atoms with E-state index in [1.807, 2.05) is 6.07 Å². The van der Waals surface area contributed by atoms with Crippen LogP contribution in [0.4, 0.5) is 4.79 Å². The highest BCUT2D eigenvalue weighted by atomic mass is 32.2. The lowest BCUT2D eigenvalue weighted by Crippen LogP contribution is -2.45. The summed E-state index contributed by atoms with van der Waals surface area (Å²) in [5, 5.41) is -1.08. The lowest BCUT2D eigenvalue weighted by atomic mass is 10.1. The number of hydrogen-bond donors (Lipinski definition) is 0. The van der Waals surface area contributed by atoms with Gasteiger partial charge in [-0.05, 0) is 30.0 Å². The van der Waals surface area contributed by atoms with E-state index in [1.165, 1.54) is 20.1 Å². The second kappa shape index (κ2) is 9.12. The van der Waals surface area contributed by atoms with E-state index >= 15 is 0 Å². The quantitative estimate of drug-likeness (QED) is 0.735. The summed E-state index contributed by atoms with van der Waals surface area (Å²) in [6.45, 7) is 2.43. The van der Waals surface area contributed by atoms with Crippen molar-refractivity contribution in [3.63, 3.8) is 0 Å². The Balaban J connectivity index is 2.03. The zero-order valence-electron chi connectivity index (χ0n) is 13.7. The minimum Gasteiger partial charge on any atom is -0.491 e. The van der Waals surface area contributed by atoms with Crippen molar-refractivity contribution >= 4 is 29.0 Å². The fraction of sp³-hybridized carbons (Fsp3) is 0.353. The van der Waals surface area contributed by atoms with Gasteiger partial charge in [-0.15, -0.1) is 0 Å². The van der Waals surface area contributed by atoms with E-state index < -0.39 is 34.7 Å². The van der Waals surface area contributed by atoms with E-state index in [4.69, 9.17) is 18.9 Å². The van der Waals surface area contributed by atoms with Crippen LogP contribution in [0.15, 0.2) is 42.7 Å². The molecule has 0 aromatic heterocycles. The van der Waals surface area contributed by atoms with Crippen LogP contribution in [0.3, 0.4) is 0 Å². The maximum Gasteiger partial charge on any atom is 0.373 e. The van der Waals surface area contributed by atoms with Gasteiger partial charge in [-0.2, -0.15) is 0 Å². The lowest BCUT2D eigenvalue weighted by molar-refractivity contribution is -0.159. The molecule has 0 N–H and O–H groups in total. The standard InChI is InChI=1S/C17H18O7S/c1-11(18)22-10-14-16(23-12(2)19)15(8-9-21-14)25-17(20)24-13-6-4-3-5-7-13/h3-9,14-16H,10H2,1-2H3/t14?,15-,16-/m1/s1. The van der Waals surface area contributed by atoms with Gasteiger partial charge in [-0.3, -0.25) is 9.59 Å². The van der Waals surface area contributed by atoms with Crippen LogP contribution in [0.25, 0.3) is 0 Å². The third kappa shape index (κ3) is 6.15. The summed E-state index contributed by atoms with van der Waals surface area (Å²) in [5.41, 5.74) is 0. The Morgan fingerprint density at radius 1 is 1.12 bits per heavy atom. The van der Waals surface area contributed by atoms with Crippen LogP contribution in [0, 0.1) is 0 Å². The molecule has 0 bridgehead atoms. The summed E-state index contributed by atoms with van der Waals surface area (Å²) >= 11 is 0.858. The number of carbonyl (C=O) groups excluding carboxylic acids is 3. The zero-order valence-corrected chi connectivity index (χ0v) is 14.6. The van der Waals surface area contributed by atoms with Crippen molar-refractivity contribution < 1.29 is 33.3 Å². The number of esters is 2. The van der Waals surface area contributed by atoms with Crippen LogP contribution in [0.5, 0.6) is 5.75 Å². The van der Waals surface area contributed by atoms with Gasteiger partial charge in [0.15, 0.2) is 12.2 Å². The Hall–Kier alpha value is -2.48. The molecule has 1 aromatic rings. The first-order valence-corrected chi connectivity index (χ1v) is 8.40. The van der Waals surface area contributed by atoms with E-state index in [-0.39, 0.29) is 6.61 Å². The fourth-order valence-corrected chi connectivity index (χ4v) is 2.99. The van der Waals surface area contributed by atoms with Gasteiger partial charge in [0.2, 0.25) is 0 Å². The molecule has 0 aliphatic carbocycles. The molecule has 0 saturated heterocycles. The van der Waals surface area contributed by atoms with Gasteiger partial charge < -0.3 is 18.9 Å². The highest BCUT2D eigenvalue weighted by Crippen LogP contribution is 2.29. The van der Waals surface area contributed by atoms with Crippen LogP contribution in [0.2, 0.25) is 0 Å². The largest absolute Gasteiger partial charge is 0.491 e. The van der Waals surface area contributed by atoms with Crippen LogP contribution in [-0.4, -0.2) is 41.3 Å². The molecule has 2 rings (SSSR count). The molecule has 0 amide bonds. The summed E-state index contributed by atoms with van der Waals surface area (Å²) in [5.74, 6) is -0.595. The van der Waals surface area contributed by atoms with Crippen molar-refractivity contribution in [3.8, 4) is 5.75 Å². The van der Waals surface area contributed by atoms with Crippen molar-refractivity contribution in [3.05, 3.63) is 42.7 Å². The molecule has 0 spiro atoms. The Bertz CT molecular complexity index is 644. The Kier molecular flexibility index (Phi) is 6.88. The molecule has 0 radical (unpaired) electrons. The fourth-order valence-electron chi connectivity index (χ4n) is 2.12. The molecular weight excluding hydrogens is 348 g/mol. The molecule has 8 heteroatoms. The van der Waals surface area contributed by atoms with Gasteiger partial charge >= 0.3 is 17.2 Å². The average Bonchev–Trinajstić information content (AvgIpc) is 2.55. The van der Waals surface area contributed by atoms with Gasteiger partial charge in [0.05, 0.1) is 11.5 Å². The topological polar surface area (TPSA) is 88.1 Å². The molecule has 0 saturated carbocycles. The van der Waals surface area contributed by atoms with Crippen molar-refractivity contribution in [2.24, 2.45) is 0 Å². The average molecular weight is 366 g/mol. The summed E-state index contributed by atoms with van der Waals surface area (Å²) < 4.78 is 20.8. The van der Waals surface area contributed by atoms with E-state index in [0.29, 0.717) is 5.75 Å². The van der Waals surface area contributed by atoms with Crippen LogP contribution < -0.4 is 4.74 Å². The van der Waals surface area contributed by atoms with Crippen molar-refractivity contribution in [2.45, 2.75) is 31.3 Å². The first-order chi connectivity index (χ1) is 12.0. The Morgan fingerprint density at radius 3 is 2.48 bits per heavy atom. The van der Waals surface area contributed by atoms with Crippen LogP contribution in [0.1, 0.15) is 13.8 Å². The number of thioether (sulfide) groups is 1. The molecule has 1 aliphatic rings. The van der Waals surface area contributed by atoms with Gasteiger partial charge in [0.1, 0.15) is 12.4 Å². The van der Waals surface area contributed by atoms with Gasteiger partial charge in [0.25, 0.3) is 0 Å². The molecule has 1 aromatic carbocycles. The molecular formula is C17H18O7S. The minimum absolute atomic E-state index is 0.0948. The van der Waals surface area contributed by atoms with Gasteiger partial charge in [0, 0.05) is 13.8 Å². The van der Waals surface area contributed by atoms with Crippen molar-refractivity contribution in [2.75, 3.05) is 6.61 Å². The predicted octanol–water partition coefficient (Wildman–Crippen LogP) is 2.69. The summed E-state index contributed by atoms with van der Waals surface area (Å²) in [6, 6.07) is 8.62. The highest BCUT2D eigenvalue weighted by molar-refractivity contribution is 8.14. The lowest BCUT2D eigenvalue weighted by Gasteiger charge is -2.32. The van der Waals surface area contributed by atoms with Crippen molar-refractivity contribution in [1.82, 2.24) is 0 Å². The van der Waals surface area contributed by atoms with Crippen molar-refractivity contribution in [1.29, 1.82) is 0 Å². The summed E-state index contributed by atoms with van der Waals surface area (Å²) in [7, 11) is 0. The number of rotatable bonds is 5. The number of para-hydroxylation sites is 1. The highest BCUT2D eigenvalue weighted by Gasteiger charge is 2.38. The molecule has 25 heavy (non-hydrogen) atoms. The molecule has 1 unspecified atom stereocenters. The third-order valence-electron chi connectivity index (χ3n) is 3.14. The molecule has 1 heterocycles. The second-order valence-electron chi connectivity index (χ2n) is 5.13. The van der Waals surface area contributed by atoms with Crippen LogP contribution >= 0.6 is 11.8 Å². The number of carbonyl (C=O) groups is 3. The smallest absolute Gasteiger partial charge is 0.373 e. The normalized spacial score (nSPS) is 21.8.